The molecule has 0 radical (unpaired) electrons. The highest BCUT2D eigenvalue weighted by Crippen LogP contribution is 2.29. The Hall–Kier alpha value is -2.34. The zero-order valence-electron chi connectivity index (χ0n) is 16.9. The van der Waals surface area contributed by atoms with E-state index >= 15 is 0 Å². The van der Waals surface area contributed by atoms with Crippen LogP contribution in [0.15, 0.2) is 36.5 Å². The van der Waals surface area contributed by atoms with Gasteiger partial charge in [0.2, 0.25) is 5.91 Å². The second-order valence-corrected chi connectivity index (χ2v) is 8.16. The molecule has 0 saturated carbocycles. The molecular weight excluding hydrogens is 352 g/mol. The van der Waals surface area contributed by atoms with Gasteiger partial charge in [-0.3, -0.25) is 14.4 Å². The summed E-state index contributed by atoms with van der Waals surface area (Å²) in [6.07, 6.45) is 4.83. The molecule has 6 nitrogen and oxygen atoms in total. The zero-order valence-corrected chi connectivity index (χ0v) is 16.9. The van der Waals surface area contributed by atoms with Gasteiger partial charge in [-0.15, -0.1) is 0 Å². The molecule has 1 aromatic carbocycles. The van der Waals surface area contributed by atoms with Gasteiger partial charge in [0.15, 0.2) is 0 Å². The fourth-order valence-corrected chi connectivity index (χ4v) is 4.54. The molecule has 2 aromatic rings. The number of aromatic nitrogens is 2. The Kier molecular flexibility index (Phi) is 5.67. The summed E-state index contributed by atoms with van der Waals surface area (Å²) < 4.78 is 7.13. The predicted molar refractivity (Wildman–Crippen MR) is 108 cm³/mol. The Morgan fingerprint density at radius 3 is 2.68 bits per heavy atom. The average Bonchev–Trinajstić information content (AvgIpc) is 2.93. The van der Waals surface area contributed by atoms with E-state index < -0.39 is 0 Å². The van der Waals surface area contributed by atoms with Crippen LogP contribution in [-0.4, -0.2) is 58.3 Å². The van der Waals surface area contributed by atoms with Gasteiger partial charge in [-0.25, -0.2) is 0 Å². The molecule has 3 saturated heterocycles. The second-order valence-electron chi connectivity index (χ2n) is 8.16. The summed E-state index contributed by atoms with van der Waals surface area (Å²) in [5.74, 6) is 1.74. The smallest absolute Gasteiger partial charge is 0.224 e. The normalized spacial score (nSPS) is 22.3. The van der Waals surface area contributed by atoms with E-state index in [4.69, 9.17) is 4.74 Å². The van der Waals surface area contributed by atoms with Gasteiger partial charge in [-0.1, -0.05) is 12.1 Å². The van der Waals surface area contributed by atoms with Gasteiger partial charge >= 0.3 is 0 Å². The molecule has 2 atom stereocenters. The number of nitrogens with zero attached hydrogens (tertiary/aromatic N) is 4. The number of amides is 1. The molecule has 2 bridgehead atoms. The number of rotatable bonds is 6. The maximum atomic E-state index is 12.9. The number of ether oxygens (including phenoxy) is 1. The first-order chi connectivity index (χ1) is 13.6. The molecule has 1 amide bonds. The van der Waals surface area contributed by atoms with Crippen LogP contribution in [0.25, 0.3) is 0 Å². The first kappa shape index (κ1) is 19.0. The molecule has 3 aliphatic heterocycles. The van der Waals surface area contributed by atoms with E-state index in [9.17, 15) is 4.79 Å². The summed E-state index contributed by atoms with van der Waals surface area (Å²) in [6.45, 7) is 6.52. The van der Waals surface area contributed by atoms with Gasteiger partial charge in [-0.2, -0.15) is 5.10 Å². The molecule has 1 aromatic heterocycles. The topological polar surface area (TPSA) is 50.6 Å². The maximum absolute atomic E-state index is 12.9. The van der Waals surface area contributed by atoms with Gasteiger partial charge in [0.25, 0.3) is 0 Å². The highest BCUT2D eigenvalue weighted by molar-refractivity contribution is 5.76. The van der Waals surface area contributed by atoms with Crippen LogP contribution in [0.2, 0.25) is 0 Å². The molecule has 6 heteroatoms. The molecule has 3 aliphatic rings. The van der Waals surface area contributed by atoms with E-state index in [1.807, 2.05) is 36.0 Å². The molecule has 150 valence electrons. The van der Waals surface area contributed by atoms with E-state index in [0.717, 1.165) is 44.0 Å². The number of hydrogen-bond acceptors (Lipinski definition) is 4. The first-order valence-electron chi connectivity index (χ1n) is 10.3. The Bertz CT molecular complexity index is 801. The number of carbonyl (C=O) groups excluding carboxylic acids is 1. The summed E-state index contributed by atoms with van der Waals surface area (Å²) in [7, 11) is 1.70. The van der Waals surface area contributed by atoms with Crippen LogP contribution in [0.4, 0.5) is 0 Å². The van der Waals surface area contributed by atoms with Crippen LogP contribution in [0.3, 0.4) is 0 Å². The van der Waals surface area contributed by atoms with E-state index in [2.05, 4.69) is 27.0 Å². The minimum absolute atomic E-state index is 0.272. The Morgan fingerprint density at radius 2 is 1.96 bits per heavy atom. The SMILES string of the molecule is COc1ccc(CN2C[C@@H]3CC[C@H](C2)N(C(=O)CCn2ccc(C)n2)C3)cc1. The minimum atomic E-state index is 0.272. The molecule has 0 N–H and O–H groups in total. The van der Waals surface area contributed by atoms with E-state index in [-0.39, 0.29) is 5.91 Å². The van der Waals surface area contributed by atoms with E-state index in [0.29, 0.717) is 24.9 Å². The number of aryl methyl sites for hydroxylation is 2. The monoisotopic (exact) mass is 382 g/mol. The van der Waals surface area contributed by atoms with Crippen LogP contribution in [0.5, 0.6) is 5.75 Å². The van der Waals surface area contributed by atoms with Gasteiger partial charge in [-0.05, 0) is 49.4 Å². The number of hydrogen-bond donors (Lipinski definition) is 0. The van der Waals surface area contributed by atoms with Crippen molar-refractivity contribution in [3.63, 3.8) is 0 Å². The van der Waals surface area contributed by atoms with Crippen LogP contribution >= 0.6 is 0 Å². The highest BCUT2D eigenvalue weighted by atomic mass is 16.5. The molecule has 3 fully saturated rings. The van der Waals surface area contributed by atoms with E-state index in [1.54, 1.807) is 7.11 Å². The molecule has 0 unspecified atom stereocenters. The summed E-state index contributed by atoms with van der Waals surface area (Å²) in [5, 5.41) is 4.39. The number of carbonyl (C=O) groups is 1. The number of benzene rings is 1. The lowest BCUT2D eigenvalue weighted by atomic mass is 9.94. The number of piperidine rings is 1. The Balaban J connectivity index is 1.36. The van der Waals surface area contributed by atoms with E-state index in [1.165, 1.54) is 12.0 Å². The molecular formula is C22H30N4O2. The quantitative estimate of drug-likeness (QED) is 0.771. The fourth-order valence-electron chi connectivity index (χ4n) is 4.54. The summed E-state index contributed by atoms with van der Waals surface area (Å²) in [6, 6.07) is 10.6. The number of fused-ring (bicyclic) bond motifs is 4. The standard InChI is InChI=1S/C22H30N4O2/c1-17-9-11-25(23-17)12-10-22(27)26-15-19-3-6-20(26)16-24(14-19)13-18-4-7-21(28-2)8-5-18/h4-5,7-9,11,19-20H,3,6,10,12-16H2,1-2H3/t19-,20+/m0/s1. The lowest BCUT2D eigenvalue weighted by molar-refractivity contribution is -0.135. The number of methoxy groups -OCH3 is 1. The van der Waals surface area contributed by atoms with Crippen LogP contribution in [0.1, 0.15) is 30.5 Å². The van der Waals surface area contributed by atoms with Crippen molar-refractivity contribution in [2.75, 3.05) is 26.7 Å². The predicted octanol–water partition coefficient (Wildman–Crippen LogP) is 2.71. The van der Waals surface area contributed by atoms with Crippen molar-refractivity contribution in [2.24, 2.45) is 5.92 Å². The second kappa shape index (κ2) is 8.35. The molecule has 0 aliphatic carbocycles. The minimum Gasteiger partial charge on any atom is -0.497 e. The van der Waals surface area contributed by atoms with Crippen molar-refractivity contribution in [3.8, 4) is 5.75 Å². The first-order valence-corrected chi connectivity index (χ1v) is 10.3. The highest BCUT2D eigenvalue weighted by Gasteiger charge is 2.36. The van der Waals surface area contributed by atoms with Crippen molar-refractivity contribution >= 4 is 5.91 Å². The van der Waals surface area contributed by atoms with Gasteiger partial charge in [0.1, 0.15) is 5.75 Å². The van der Waals surface area contributed by atoms with Crippen molar-refractivity contribution in [3.05, 3.63) is 47.8 Å². The third-order valence-electron chi connectivity index (χ3n) is 6.00. The van der Waals surface area contributed by atoms with Gasteiger partial charge in [0, 0.05) is 51.4 Å². The summed E-state index contributed by atoms with van der Waals surface area (Å²) >= 11 is 0. The average molecular weight is 383 g/mol. The zero-order chi connectivity index (χ0) is 19.5. The lowest BCUT2D eigenvalue weighted by Crippen LogP contribution is -2.47. The fraction of sp³-hybridized carbons (Fsp3) is 0.545. The largest absolute Gasteiger partial charge is 0.497 e. The Morgan fingerprint density at radius 1 is 1.14 bits per heavy atom. The van der Waals surface area contributed by atoms with Crippen LogP contribution in [-0.2, 0) is 17.9 Å². The van der Waals surface area contributed by atoms with Crippen molar-refractivity contribution in [2.45, 2.75) is 45.3 Å². The lowest BCUT2D eigenvalue weighted by Gasteiger charge is -2.36. The summed E-state index contributed by atoms with van der Waals surface area (Å²) in [4.78, 5) is 17.6. The van der Waals surface area contributed by atoms with Crippen LogP contribution < -0.4 is 4.74 Å². The van der Waals surface area contributed by atoms with Crippen molar-refractivity contribution in [1.29, 1.82) is 0 Å². The third kappa shape index (κ3) is 4.38. The van der Waals surface area contributed by atoms with Gasteiger partial charge in [0.05, 0.1) is 12.8 Å². The molecule has 0 spiro atoms. The molecule has 28 heavy (non-hydrogen) atoms. The van der Waals surface area contributed by atoms with Crippen LogP contribution in [0, 0.1) is 12.8 Å². The molecule has 4 heterocycles. The molecule has 5 rings (SSSR count). The third-order valence-corrected chi connectivity index (χ3v) is 6.00. The van der Waals surface area contributed by atoms with Gasteiger partial charge < -0.3 is 9.64 Å². The van der Waals surface area contributed by atoms with Crippen molar-refractivity contribution < 1.29 is 9.53 Å². The van der Waals surface area contributed by atoms with Crippen molar-refractivity contribution in [1.82, 2.24) is 19.6 Å². The maximum Gasteiger partial charge on any atom is 0.224 e. The Labute approximate surface area is 167 Å². The summed E-state index contributed by atoms with van der Waals surface area (Å²) in [5.41, 5.74) is 2.30.